The Balaban J connectivity index is 2.16. The summed E-state index contributed by atoms with van der Waals surface area (Å²) in [5.41, 5.74) is 2.47. The molecule has 1 unspecified atom stereocenters. The first-order valence-corrected chi connectivity index (χ1v) is 8.77. The molecule has 4 nitrogen and oxygen atoms in total. The van der Waals surface area contributed by atoms with Crippen molar-refractivity contribution in [1.29, 1.82) is 0 Å². The minimum Gasteiger partial charge on any atom is -0.496 e. The highest BCUT2D eigenvalue weighted by atomic mass is 35.5. The molecule has 25 heavy (non-hydrogen) atoms. The molecule has 0 spiro atoms. The molecule has 2 aromatic carbocycles. The summed E-state index contributed by atoms with van der Waals surface area (Å²) in [6, 6.07) is 12.8. The maximum absolute atomic E-state index is 12.7. The maximum atomic E-state index is 12.7. The molecule has 0 saturated heterocycles. The second kappa shape index (κ2) is 9.44. The van der Waals surface area contributed by atoms with Gasteiger partial charge in [0.05, 0.1) is 19.8 Å². The van der Waals surface area contributed by atoms with Crippen LogP contribution in [0.2, 0.25) is 5.02 Å². The smallest absolute Gasteiger partial charge is 0.251 e. The standard InChI is InChI=1S/C20H24ClNO3/c1-4-18(14-6-9-17(21)10-7-14)22-20(23)15-8-11-19(24-3)16(12-15)13-25-5-2/h6-12,18H,4-5,13H2,1-3H3,(H,22,23). The zero-order chi connectivity index (χ0) is 18.2. The summed E-state index contributed by atoms with van der Waals surface area (Å²) in [5, 5.41) is 3.76. The lowest BCUT2D eigenvalue weighted by Gasteiger charge is -2.18. The quantitative estimate of drug-likeness (QED) is 0.737. The molecular weight excluding hydrogens is 338 g/mol. The molecule has 1 N–H and O–H groups in total. The number of amides is 1. The zero-order valence-corrected chi connectivity index (χ0v) is 15.6. The molecule has 1 atom stereocenters. The van der Waals surface area contributed by atoms with Gasteiger partial charge in [0.25, 0.3) is 5.91 Å². The monoisotopic (exact) mass is 361 g/mol. The van der Waals surface area contributed by atoms with Gasteiger partial charge in [0.15, 0.2) is 0 Å². The number of rotatable bonds is 8. The van der Waals surface area contributed by atoms with Gasteiger partial charge >= 0.3 is 0 Å². The minimum atomic E-state index is -0.123. The number of hydrogen-bond donors (Lipinski definition) is 1. The normalized spacial score (nSPS) is 11.8. The van der Waals surface area contributed by atoms with Crippen molar-refractivity contribution in [2.45, 2.75) is 32.9 Å². The van der Waals surface area contributed by atoms with Crippen LogP contribution in [0, 0.1) is 0 Å². The summed E-state index contributed by atoms with van der Waals surface area (Å²) < 4.78 is 10.8. The van der Waals surface area contributed by atoms with E-state index in [-0.39, 0.29) is 11.9 Å². The number of benzene rings is 2. The lowest BCUT2D eigenvalue weighted by Crippen LogP contribution is -2.28. The summed E-state index contributed by atoms with van der Waals surface area (Å²) in [6.07, 6.45) is 0.787. The number of nitrogens with one attached hydrogen (secondary N) is 1. The first-order chi connectivity index (χ1) is 12.1. The second-order valence-electron chi connectivity index (χ2n) is 5.65. The molecule has 0 saturated carbocycles. The van der Waals surface area contributed by atoms with E-state index in [0.717, 1.165) is 23.3 Å². The van der Waals surface area contributed by atoms with Gasteiger partial charge in [-0.15, -0.1) is 0 Å². The molecule has 0 aliphatic carbocycles. The Morgan fingerprint density at radius 3 is 2.48 bits per heavy atom. The molecule has 0 radical (unpaired) electrons. The number of methoxy groups -OCH3 is 1. The third-order valence-corrected chi connectivity index (χ3v) is 4.24. The van der Waals surface area contributed by atoms with Crippen LogP contribution in [0.4, 0.5) is 0 Å². The van der Waals surface area contributed by atoms with Crippen molar-refractivity contribution < 1.29 is 14.3 Å². The van der Waals surface area contributed by atoms with Gasteiger partial charge in [0.1, 0.15) is 5.75 Å². The zero-order valence-electron chi connectivity index (χ0n) is 14.8. The first-order valence-electron chi connectivity index (χ1n) is 8.40. The fourth-order valence-electron chi connectivity index (χ4n) is 2.60. The van der Waals surface area contributed by atoms with Crippen LogP contribution in [0.15, 0.2) is 42.5 Å². The molecule has 0 aliphatic heterocycles. The SMILES string of the molecule is CCOCc1cc(C(=O)NC(CC)c2ccc(Cl)cc2)ccc1OC. The van der Waals surface area contributed by atoms with Gasteiger partial charge in [-0.25, -0.2) is 0 Å². The Bertz CT molecular complexity index is 701. The van der Waals surface area contributed by atoms with Crippen LogP contribution in [0.3, 0.4) is 0 Å². The van der Waals surface area contributed by atoms with Crippen molar-refractivity contribution in [3.8, 4) is 5.75 Å². The van der Waals surface area contributed by atoms with Crippen LogP contribution < -0.4 is 10.1 Å². The fraction of sp³-hybridized carbons (Fsp3) is 0.350. The molecule has 5 heteroatoms. The molecule has 2 aromatic rings. The molecule has 2 rings (SSSR count). The van der Waals surface area contributed by atoms with Gasteiger partial charge in [0, 0.05) is 22.8 Å². The van der Waals surface area contributed by atoms with E-state index in [2.05, 4.69) is 5.32 Å². The van der Waals surface area contributed by atoms with Gasteiger partial charge in [-0.1, -0.05) is 30.7 Å². The molecule has 0 aliphatic rings. The Morgan fingerprint density at radius 2 is 1.88 bits per heavy atom. The summed E-state index contributed by atoms with van der Waals surface area (Å²) in [6.45, 7) is 4.98. The molecular formula is C20H24ClNO3. The van der Waals surface area contributed by atoms with Crippen LogP contribution in [0.25, 0.3) is 0 Å². The Kier molecular flexibility index (Phi) is 7.29. The summed E-state index contributed by atoms with van der Waals surface area (Å²) in [7, 11) is 1.61. The minimum absolute atomic E-state index is 0.0674. The average Bonchev–Trinajstić information content (AvgIpc) is 2.64. The predicted octanol–water partition coefficient (Wildman–Crippen LogP) is 4.77. The predicted molar refractivity (Wildman–Crippen MR) is 100 cm³/mol. The van der Waals surface area contributed by atoms with E-state index >= 15 is 0 Å². The molecule has 0 bridgehead atoms. The number of hydrogen-bond acceptors (Lipinski definition) is 3. The highest BCUT2D eigenvalue weighted by molar-refractivity contribution is 6.30. The van der Waals surface area contributed by atoms with Crippen LogP contribution in [-0.4, -0.2) is 19.6 Å². The van der Waals surface area contributed by atoms with E-state index in [1.165, 1.54) is 0 Å². The maximum Gasteiger partial charge on any atom is 0.251 e. The molecule has 0 fully saturated rings. The Morgan fingerprint density at radius 1 is 1.16 bits per heavy atom. The third kappa shape index (κ3) is 5.21. The fourth-order valence-corrected chi connectivity index (χ4v) is 2.73. The van der Waals surface area contributed by atoms with Gasteiger partial charge in [-0.2, -0.15) is 0 Å². The topological polar surface area (TPSA) is 47.6 Å². The molecule has 0 heterocycles. The van der Waals surface area contributed by atoms with Crippen LogP contribution in [-0.2, 0) is 11.3 Å². The number of ether oxygens (including phenoxy) is 2. The van der Waals surface area contributed by atoms with Crippen molar-refractivity contribution in [1.82, 2.24) is 5.32 Å². The van der Waals surface area contributed by atoms with Crippen molar-refractivity contribution in [3.63, 3.8) is 0 Å². The van der Waals surface area contributed by atoms with E-state index in [9.17, 15) is 4.79 Å². The van der Waals surface area contributed by atoms with Gasteiger partial charge in [0.2, 0.25) is 0 Å². The summed E-state index contributed by atoms with van der Waals surface area (Å²) >= 11 is 5.94. The average molecular weight is 362 g/mol. The van der Waals surface area contributed by atoms with E-state index in [4.69, 9.17) is 21.1 Å². The van der Waals surface area contributed by atoms with Gasteiger partial charge < -0.3 is 14.8 Å². The third-order valence-electron chi connectivity index (χ3n) is 3.99. The highest BCUT2D eigenvalue weighted by Crippen LogP contribution is 2.23. The molecule has 1 amide bonds. The van der Waals surface area contributed by atoms with Gasteiger partial charge in [-0.3, -0.25) is 4.79 Å². The Labute approximate surface area is 154 Å². The van der Waals surface area contributed by atoms with E-state index < -0.39 is 0 Å². The van der Waals surface area contributed by atoms with Crippen molar-refractivity contribution in [3.05, 3.63) is 64.2 Å². The van der Waals surface area contributed by atoms with Crippen molar-refractivity contribution in [2.75, 3.05) is 13.7 Å². The van der Waals surface area contributed by atoms with Crippen molar-refractivity contribution in [2.24, 2.45) is 0 Å². The van der Waals surface area contributed by atoms with Crippen LogP contribution in [0.1, 0.15) is 47.8 Å². The van der Waals surface area contributed by atoms with Crippen LogP contribution >= 0.6 is 11.6 Å². The van der Waals surface area contributed by atoms with Crippen molar-refractivity contribution >= 4 is 17.5 Å². The highest BCUT2D eigenvalue weighted by Gasteiger charge is 2.16. The van der Waals surface area contributed by atoms with E-state index in [1.807, 2.05) is 44.2 Å². The van der Waals surface area contributed by atoms with Crippen LogP contribution in [0.5, 0.6) is 5.75 Å². The lowest BCUT2D eigenvalue weighted by atomic mass is 10.0. The number of carbonyl (C=O) groups excluding carboxylic acids is 1. The molecule has 134 valence electrons. The molecule has 0 aromatic heterocycles. The largest absolute Gasteiger partial charge is 0.496 e. The first kappa shape index (κ1) is 19.3. The van der Waals surface area contributed by atoms with E-state index in [0.29, 0.717) is 23.8 Å². The number of halogens is 1. The van der Waals surface area contributed by atoms with E-state index in [1.54, 1.807) is 19.2 Å². The van der Waals surface area contributed by atoms with Gasteiger partial charge in [-0.05, 0) is 49.2 Å². The second-order valence-corrected chi connectivity index (χ2v) is 6.09. The summed E-state index contributed by atoms with van der Waals surface area (Å²) in [4.78, 5) is 12.7. The summed E-state index contributed by atoms with van der Waals surface area (Å²) in [5.74, 6) is 0.594. The Hall–Kier alpha value is -2.04. The number of carbonyl (C=O) groups is 1. The lowest BCUT2D eigenvalue weighted by molar-refractivity contribution is 0.0935.